The van der Waals surface area contributed by atoms with Crippen LogP contribution >= 0.6 is 0 Å². The van der Waals surface area contributed by atoms with E-state index in [1.54, 1.807) is 0 Å². The zero-order chi connectivity index (χ0) is 14.3. The number of rotatable bonds is 3. The minimum atomic E-state index is -0.437. The molecular formula is C15H26N2O2. The molecule has 2 atom stereocenters. The number of nitrogens with one attached hydrogen (secondary N) is 2. The number of carbonyl (C=O) groups excluding carboxylic acids is 1. The normalized spacial score (nSPS) is 23.2. The molecule has 0 aliphatic heterocycles. The summed E-state index contributed by atoms with van der Waals surface area (Å²) in [7, 11) is 0. The number of hydrogen-bond acceptors (Lipinski definition) is 3. The first-order chi connectivity index (χ1) is 8.90. The number of amides is 1. The van der Waals surface area contributed by atoms with Crippen LogP contribution in [-0.2, 0) is 4.74 Å². The van der Waals surface area contributed by atoms with Gasteiger partial charge in [0.2, 0.25) is 0 Å². The van der Waals surface area contributed by atoms with Crippen molar-refractivity contribution in [3.63, 3.8) is 0 Å². The zero-order valence-corrected chi connectivity index (χ0v) is 12.5. The van der Waals surface area contributed by atoms with E-state index in [2.05, 4.69) is 22.5 Å². The highest BCUT2D eigenvalue weighted by Crippen LogP contribution is 2.19. The van der Waals surface area contributed by atoms with Crippen LogP contribution in [0.1, 0.15) is 53.4 Å². The first-order valence-electron chi connectivity index (χ1n) is 7.03. The molecule has 4 heteroatoms. The van der Waals surface area contributed by atoms with E-state index in [-0.39, 0.29) is 12.1 Å². The summed E-state index contributed by atoms with van der Waals surface area (Å²) in [5, 5.41) is 6.37. The van der Waals surface area contributed by atoms with Crippen molar-refractivity contribution in [2.45, 2.75) is 71.1 Å². The summed E-state index contributed by atoms with van der Waals surface area (Å²) >= 11 is 0. The Bertz CT molecular complexity index is 349. The molecule has 0 radical (unpaired) electrons. The lowest BCUT2D eigenvalue weighted by Gasteiger charge is -2.30. The summed E-state index contributed by atoms with van der Waals surface area (Å²) in [6, 6.07) is 0.644. The third-order valence-electron chi connectivity index (χ3n) is 3.05. The van der Waals surface area contributed by atoms with Crippen LogP contribution in [0.2, 0.25) is 0 Å². The van der Waals surface area contributed by atoms with Crippen LogP contribution in [0.5, 0.6) is 0 Å². The standard InChI is InChI=1S/C15H26N2O2/c1-5-6-10-16-12-8-7-9-13(11-12)17-14(18)19-15(2,3)4/h12-13,16H,7-11H2,1-4H3,(H,17,18). The minimum Gasteiger partial charge on any atom is -0.444 e. The van der Waals surface area contributed by atoms with Gasteiger partial charge >= 0.3 is 6.09 Å². The van der Waals surface area contributed by atoms with E-state index in [4.69, 9.17) is 4.74 Å². The molecule has 4 nitrogen and oxygen atoms in total. The molecule has 2 unspecified atom stereocenters. The van der Waals surface area contributed by atoms with Crippen molar-refractivity contribution in [1.82, 2.24) is 10.6 Å². The van der Waals surface area contributed by atoms with E-state index in [0.29, 0.717) is 6.04 Å². The molecular weight excluding hydrogens is 240 g/mol. The molecule has 0 aromatic carbocycles. The van der Waals surface area contributed by atoms with Crippen LogP contribution in [0.25, 0.3) is 0 Å². The highest BCUT2D eigenvalue weighted by Gasteiger charge is 2.24. The molecule has 0 aromatic heterocycles. The monoisotopic (exact) mass is 266 g/mol. The molecule has 0 spiro atoms. The largest absolute Gasteiger partial charge is 0.444 e. The van der Waals surface area contributed by atoms with Gasteiger partial charge in [-0.1, -0.05) is 5.92 Å². The number of alkyl carbamates (subject to hydrolysis) is 1. The van der Waals surface area contributed by atoms with Crippen molar-refractivity contribution in [1.29, 1.82) is 0 Å². The van der Waals surface area contributed by atoms with E-state index in [9.17, 15) is 4.79 Å². The maximum absolute atomic E-state index is 11.7. The van der Waals surface area contributed by atoms with E-state index in [1.807, 2.05) is 27.7 Å². The van der Waals surface area contributed by atoms with Gasteiger partial charge in [0.15, 0.2) is 0 Å². The predicted molar refractivity (Wildman–Crippen MR) is 76.9 cm³/mol. The van der Waals surface area contributed by atoms with Gasteiger partial charge in [-0.3, -0.25) is 0 Å². The molecule has 1 amide bonds. The predicted octanol–water partition coefficient (Wildman–Crippen LogP) is 2.44. The van der Waals surface area contributed by atoms with Crippen LogP contribution < -0.4 is 10.6 Å². The Hall–Kier alpha value is -1.21. The second kappa shape index (κ2) is 7.40. The third-order valence-corrected chi connectivity index (χ3v) is 3.05. The molecule has 1 rings (SSSR count). The smallest absolute Gasteiger partial charge is 0.407 e. The van der Waals surface area contributed by atoms with Gasteiger partial charge in [0, 0.05) is 12.1 Å². The van der Waals surface area contributed by atoms with Gasteiger partial charge in [-0.05, 0) is 53.4 Å². The first-order valence-corrected chi connectivity index (χ1v) is 7.03. The summed E-state index contributed by atoms with van der Waals surface area (Å²) < 4.78 is 5.28. The molecule has 0 heterocycles. The number of carbonyl (C=O) groups is 1. The number of ether oxygens (including phenoxy) is 1. The average Bonchev–Trinajstić information content (AvgIpc) is 2.27. The third kappa shape index (κ3) is 7.07. The highest BCUT2D eigenvalue weighted by atomic mass is 16.6. The van der Waals surface area contributed by atoms with Gasteiger partial charge in [-0.15, -0.1) is 5.92 Å². The summed E-state index contributed by atoms with van der Waals surface area (Å²) in [6.45, 7) is 8.19. The highest BCUT2D eigenvalue weighted by molar-refractivity contribution is 5.68. The van der Waals surface area contributed by atoms with Crippen LogP contribution in [0.3, 0.4) is 0 Å². The second-order valence-corrected chi connectivity index (χ2v) is 6.01. The summed E-state index contributed by atoms with van der Waals surface area (Å²) in [4.78, 5) is 11.7. The molecule has 1 fully saturated rings. The lowest BCUT2D eigenvalue weighted by atomic mass is 9.91. The minimum absolute atomic E-state index is 0.204. The lowest BCUT2D eigenvalue weighted by Crippen LogP contribution is -2.45. The maximum Gasteiger partial charge on any atom is 0.407 e. The molecule has 0 bridgehead atoms. The maximum atomic E-state index is 11.7. The Morgan fingerprint density at radius 1 is 1.32 bits per heavy atom. The molecule has 0 aromatic rings. The fourth-order valence-electron chi connectivity index (χ4n) is 2.26. The summed E-state index contributed by atoms with van der Waals surface area (Å²) in [5.41, 5.74) is -0.437. The Morgan fingerprint density at radius 2 is 2.00 bits per heavy atom. The molecule has 2 N–H and O–H groups in total. The van der Waals surface area contributed by atoms with E-state index >= 15 is 0 Å². The molecule has 1 saturated carbocycles. The molecule has 0 saturated heterocycles. The SMILES string of the molecule is CC#CCNC1CCCC(NC(=O)OC(C)(C)C)C1. The van der Waals surface area contributed by atoms with E-state index in [1.165, 1.54) is 0 Å². The fourth-order valence-corrected chi connectivity index (χ4v) is 2.26. The summed E-state index contributed by atoms with van der Waals surface area (Å²) in [6.07, 6.45) is 3.93. The van der Waals surface area contributed by atoms with Gasteiger partial charge in [0.1, 0.15) is 5.60 Å². The fraction of sp³-hybridized carbons (Fsp3) is 0.800. The van der Waals surface area contributed by atoms with Crippen LogP contribution in [-0.4, -0.2) is 30.3 Å². The quantitative estimate of drug-likeness (QED) is 0.771. The van der Waals surface area contributed by atoms with Crippen molar-refractivity contribution in [3.05, 3.63) is 0 Å². The molecule has 19 heavy (non-hydrogen) atoms. The van der Waals surface area contributed by atoms with E-state index in [0.717, 1.165) is 32.2 Å². The van der Waals surface area contributed by atoms with Crippen LogP contribution in [0.4, 0.5) is 4.79 Å². The van der Waals surface area contributed by atoms with Crippen molar-refractivity contribution >= 4 is 6.09 Å². The van der Waals surface area contributed by atoms with Crippen LogP contribution in [0.15, 0.2) is 0 Å². The first kappa shape index (κ1) is 15.8. The zero-order valence-electron chi connectivity index (χ0n) is 12.5. The lowest BCUT2D eigenvalue weighted by molar-refractivity contribution is 0.0489. The van der Waals surface area contributed by atoms with Gasteiger partial charge in [-0.25, -0.2) is 4.79 Å². The Kier molecular flexibility index (Phi) is 6.17. The Labute approximate surface area is 116 Å². The van der Waals surface area contributed by atoms with Crippen LogP contribution in [0, 0.1) is 11.8 Å². The summed E-state index contributed by atoms with van der Waals surface area (Å²) in [5.74, 6) is 5.88. The van der Waals surface area contributed by atoms with Crippen molar-refractivity contribution in [2.75, 3.05) is 6.54 Å². The van der Waals surface area contributed by atoms with Gasteiger partial charge in [-0.2, -0.15) is 0 Å². The van der Waals surface area contributed by atoms with E-state index < -0.39 is 5.60 Å². The van der Waals surface area contributed by atoms with Crippen molar-refractivity contribution < 1.29 is 9.53 Å². The average molecular weight is 266 g/mol. The van der Waals surface area contributed by atoms with Crippen molar-refractivity contribution in [3.8, 4) is 11.8 Å². The topological polar surface area (TPSA) is 50.4 Å². The van der Waals surface area contributed by atoms with Gasteiger partial charge in [0.25, 0.3) is 0 Å². The molecule has 108 valence electrons. The number of hydrogen-bond donors (Lipinski definition) is 2. The Morgan fingerprint density at radius 3 is 2.63 bits per heavy atom. The Balaban J connectivity index is 2.33. The van der Waals surface area contributed by atoms with Crippen molar-refractivity contribution in [2.24, 2.45) is 0 Å². The second-order valence-electron chi connectivity index (χ2n) is 6.01. The molecule has 1 aliphatic rings. The van der Waals surface area contributed by atoms with Gasteiger partial charge < -0.3 is 15.4 Å². The molecule has 1 aliphatic carbocycles. The van der Waals surface area contributed by atoms with Gasteiger partial charge in [0.05, 0.1) is 6.54 Å².